The number of likely N-dealkylation sites (N-methyl/N-ethyl adjacent to an activating group) is 1. The summed E-state index contributed by atoms with van der Waals surface area (Å²) in [7, 11) is 1.59. The number of benzene rings is 2. The van der Waals surface area contributed by atoms with E-state index in [4.69, 9.17) is 4.74 Å². The van der Waals surface area contributed by atoms with Crippen LogP contribution in [0.5, 0.6) is 5.75 Å². The van der Waals surface area contributed by atoms with E-state index in [9.17, 15) is 9.59 Å². The number of carbonyl (C=O) groups is 2. The number of hydrogen-bond acceptors (Lipinski definition) is 3. The Kier molecular flexibility index (Phi) is 8.69. The summed E-state index contributed by atoms with van der Waals surface area (Å²) in [4.78, 5) is 27.2. The van der Waals surface area contributed by atoms with Crippen LogP contribution in [0.15, 0.2) is 46.9 Å². The molecule has 2 aromatic rings. The molecule has 0 fully saturated rings. The third-order valence-corrected chi connectivity index (χ3v) is 5.87. The molecule has 6 heteroatoms. The van der Waals surface area contributed by atoms with Crippen LogP contribution in [0.2, 0.25) is 0 Å². The van der Waals surface area contributed by atoms with Gasteiger partial charge in [0.05, 0.1) is 4.47 Å². The van der Waals surface area contributed by atoms with Crippen LogP contribution in [-0.4, -0.2) is 36.4 Å². The van der Waals surface area contributed by atoms with Gasteiger partial charge in [0.2, 0.25) is 5.91 Å². The lowest BCUT2D eigenvalue weighted by molar-refractivity contribution is -0.142. The molecule has 0 aromatic heterocycles. The van der Waals surface area contributed by atoms with Crippen molar-refractivity contribution in [1.29, 1.82) is 0 Å². The zero-order valence-electron chi connectivity index (χ0n) is 19.3. The van der Waals surface area contributed by atoms with Crippen LogP contribution in [0.1, 0.15) is 50.8 Å². The van der Waals surface area contributed by atoms with Crippen LogP contribution in [0.3, 0.4) is 0 Å². The Morgan fingerprint density at radius 2 is 1.77 bits per heavy atom. The van der Waals surface area contributed by atoms with Crippen LogP contribution in [0.4, 0.5) is 0 Å². The van der Waals surface area contributed by atoms with E-state index in [1.807, 2.05) is 56.3 Å². The maximum absolute atomic E-state index is 13.2. The summed E-state index contributed by atoms with van der Waals surface area (Å²) in [6.45, 7) is 10.6. The van der Waals surface area contributed by atoms with Crippen molar-refractivity contribution >= 4 is 27.7 Å². The predicted octanol–water partition coefficient (Wildman–Crippen LogP) is 4.99. The van der Waals surface area contributed by atoms with Gasteiger partial charge < -0.3 is 15.0 Å². The molecule has 0 heterocycles. The lowest BCUT2D eigenvalue weighted by Gasteiger charge is -2.30. The first-order valence-electron chi connectivity index (χ1n) is 10.6. The summed E-state index contributed by atoms with van der Waals surface area (Å²) in [5.74, 6) is 0.186. The third kappa shape index (κ3) is 6.82. The first-order chi connectivity index (χ1) is 14.6. The van der Waals surface area contributed by atoms with Gasteiger partial charge in [-0.3, -0.25) is 9.59 Å². The number of amides is 2. The summed E-state index contributed by atoms with van der Waals surface area (Å²) in [6, 6.07) is 13.3. The molecule has 1 atom stereocenters. The number of rotatable bonds is 8. The highest BCUT2D eigenvalue weighted by Gasteiger charge is 2.28. The molecule has 2 amide bonds. The number of nitrogens with one attached hydrogen (secondary N) is 1. The second kappa shape index (κ2) is 10.8. The molecule has 0 aliphatic rings. The number of nitrogens with zero attached hydrogens (tertiary/aromatic N) is 1. The molecule has 0 aliphatic carbocycles. The van der Waals surface area contributed by atoms with E-state index < -0.39 is 6.04 Å². The fourth-order valence-electron chi connectivity index (χ4n) is 3.28. The van der Waals surface area contributed by atoms with Crippen LogP contribution < -0.4 is 10.1 Å². The van der Waals surface area contributed by atoms with Crippen molar-refractivity contribution in [3.63, 3.8) is 0 Å². The first-order valence-corrected chi connectivity index (χ1v) is 11.4. The van der Waals surface area contributed by atoms with E-state index in [-0.39, 0.29) is 23.8 Å². The minimum Gasteiger partial charge on any atom is -0.483 e. The third-order valence-electron chi connectivity index (χ3n) is 5.25. The average molecular weight is 489 g/mol. The summed E-state index contributed by atoms with van der Waals surface area (Å²) in [6.07, 6.45) is 0.515. The molecular formula is C25H33BrN2O3. The minimum atomic E-state index is -0.561. The average Bonchev–Trinajstić information content (AvgIpc) is 2.72. The van der Waals surface area contributed by atoms with E-state index in [1.54, 1.807) is 11.9 Å². The molecule has 0 spiro atoms. The van der Waals surface area contributed by atoms with E-state index in [1.165, 1.54) is 5.56 Å². The molecule has 2 rings (SSSR count). The Hall–Kier alpha value is -2.34. The molecule has 168 valence electrons. The minimum absolute atomic E-state index is 0.0174. The number of ether oxygens (including phenoxy) is 1. The molecule has 0 saturated carbocycles. The lowest BCUT2D eigenvalue weighted by Crippen LogP contribution is -2.49. The molecule has 31 heavy (non-hydrogen) atoms. The fraction of sp³-hybridized carbons (Fsp3) is 0.440. The quantitative estimate of drug-likeness (QED) is 0.569. The van der Waals surface area contributed by atoms with Gasteiger partial charge in [0.25, 0.3) is 5.91 Å². The Morgan fingerprint density at radius 1 is 1.13 bits per heavy atom. The van der Waals surface area contributed by atoms with E-state index in [0.717, 1.165) is 15.6 Å². The smallest absolute Gasteiger partial charge is 0.261 e. The van der Waals surface area contributed by atoms with E-state index in [2.05, 4.69) is 42.0 Å². The molecule has 0 radical (unpaired) electrons. The molecular weight excluding hydrogens is 456 g/mol. The molecule has 1 N–H and O–H groups in total. The van der Waals surface area contributed by atoms with E-state index >= 15 is 0 Å². The van der Waals surface area contributed by atoms with E-state index in [0.29, 0.717) is 18.7 Å². The van der Waals surface area contributed by atoms with Gasteiger partial charge in [-0.2, -0.15) is 0 Å². The summed E-state index contributed by atoms with van der Waals surface area (Å²) < 4.78 is 6.64. The summed E-state index contributed by atoms with van der Waals surface area (Å²) >= 11 is 3.55. The van der Waals surface area contributed by atoms with Gasteiger partial charge in [0, 0.05) is 13.6 Å². The zero-order valence-corrected chi connectivity index (χ0v) is 20.9. The van der Waals surface area contributed by atoms with Crippen molar-refractivity contribution in [2.75, 3.05) is 13.7 Å². The topological polar surface area (TPSA) is 58.6 Å². The van der Waals surface area contributed by atoms with Crippen LogP contribution in [0.25, 0.3) is 0 Å². The van der Waals surface area contributed by atoms with Crippen molar-refractivity contribution in [2.24, 2.45) is 0 Å². The standard InChI is InChI=1S/C25H33BrN2O3/c1-7-21(24(30)27-6)28(15-18-10-8-17(2)9-11-18)23(29)16-31-22-13-12-19(14-20(22)26)25(3,4)5/h8-14,21H,7,15-16H2,1-6H3,(H,27,30)/t21-/m1/s1. The fourth-order valence-corrected chi connectivity index (χ4v) is 3.78. The highest BCUT2D eigenvalue weighted by Crippen LogP contribution is 2.31. The van der Waals surface area contributed by atoms with Gasteiger partial charge in [0.15, 0.2) is 6.61 Å². The van der Waals surface area contributed by atoms with Crippen LogP contribution in [0, 0.1) is 6.92 Å². The molecule has 5 nitrogen and oxygen atoms in total. The predicted molar refractivity (Wildman–Crippen MR) is 128 cm³/mol. The highest BCUT2D eigenvalue weighted by molar-refractivity contribution is 9.10. The Labute approximate surface area is 194 Å². The highest BCUT2D eigenvalue weighted by atomic mass is 79.9. The maximum atomic E-state index is 13.2. The van der Waals surface area contributed by atoms with Crippen LogP contribution in [-0.2, 0) is 21.5 Å². The first kappa shape index (κ1) is 24.9. The van der Waals surface area contributed by atoms with Gasteiger partial charge in [-0.25, -0.2) is 0 Å². The van der Waals surface area contributed by atoms with Gasteiger partial charge in [-0.05, 0) is 57.9 Å². The van der Waals surface area contributed by atoms with Crippen molar-refractivity contribution in [3.8, 4) is 5.75 Å². The Balaban J connectivity index is 2.20. The number of halogens is 1. The zero-order chi connectivity index (χ0) is 23.2. The lowest BCUT2D eigenvalue weighted by atomic mass is 9.87. The summed E-state index contributed by atoms with van der Waals surface area (Å²) in [5, 5.41) is 2.67. The van der Waals surface area contributed by atoms with Crippen LogP contribution >= 0.6 is 15.9 Å². The van der Waals surface area contributed by atoms with Crippen molar-refractivity contribution < 1.29 is 14.3 Å². The Bertz CT molecular complexity index is 904. The molecule has 0 bridgehead atoms. The number of aryl methyl sites for hydroxylation is 1. The largest absolute Gasteiger partial charge is 0.483 e. The molecule has 0 aliphatic heterocycles. The number of hydrogen-bond donors (Lipinski definition) is 1. The molecule has 2 aromatic carbocycles. The monoisotopic (exact) mass is 488 g/mol. The molecule has 0 saturated heterocycles. The van der Waals surface area contributed by atoms with Gasteiger partial charge in [-0.15, -0.1) is 0 Å². The van der Waals surface area contributed by atoms with Crippen molar-refractivity contribution in [3.05, 3.63) is 63.6 Å². The second-order valence-electron chi connectivity index (χ2n) is 8.73. The van der Waals surface area contributed by atoms with Gasteiger partial charge >= 0.3 is 0 Å². The van der Waals surface area contributed by atoms with Crippen molar-refractivity contribution in [2.45, 2.75) is 59.0 Å². The van der Waals surface area contributed by atoms with Crippen molar-refractivity contribution in [1.82, 2.24) is 10.2 Å². The number of carbonyl (C=O) groups excluding carboxylic acids is 2. The summed E-state index contributed by atoms with van der Waals surface area (Å²) in [5.41, 5.74) is 3.30. The Morgan fingerprint density at radius 3 is 2.29 bits per heavy atom. The maximum Gasteiger partial charge on any atom is 0.261 e. The van der Waals surface area contributed by atoms with Gasteiger partial charge in [-0.1, -0.05) is 63.6 Å². The second-order valence-corrected chi connectivity index (χ2v) is 9.58. The molecule has 0 unspecified atom stereocenters. The van der Waals surface area contributed by atoms with Gasteiger partial charge in [0.1, 0.15) is 11.8 Å². The normalized spacial score (nSPS) is 12.2. The SMILES string of the molecule is CC[C@H](C(=O)NC)N(Cc1ccc(C)cc1)C(=O)COc1ccc(C(C)(C)C)cc1Br.